The van der Waals surface area contributed by atoms with Gasteiger partial charge < -0.3 is 15.2 Å². The lowest BCUT2D eigenvalue weighted by molar-refractivity contribution is -0.133. The Morgan fingerprint density at radius 3 is 2.65 bits per heavy atom. The molecule has 0 spiro atoms. The van der Waals surface area contributed by atoms with Gasteiger partial charge in [0.05, 0.1) is 5.69 Å². The summed E-state index contributed by atoms with van der Waals surface area (Å²) in [6, 6.07) is 3.02. The minimum absolute atomic E-state index is 0.148. The number of hydrogen-bond acceptors (Lipinski definition) is 4. The van der Waals surface area contributed by atoms with Gasteiger partial charge in [0, 0.05) is 13.3 Å². The van der Waals surface area contributed by atoms with Crippen LogP contribution < -0.4 is 5.32 Å². The highest BCUT2D eigenvalue weighted by Gasteiger charge is 2.28. The Kier molecular flexibility index (Phi) is 3.80. The first kappa shape index (κ1) is 13.1. The summed E-state index contributed by atoms with van der Waals surface area (Å²) in [7, 11) is 1.40. The first-order valence-corrected chi connectivity index (χ1v) is 4.93. The van der Waals surface area contributed by atoms with Crippen LogP contribution in [0, 0.1) is 0 Å². The third-order valence-corrected chi connectivity index (χ3v) is 2.32. The number of ether oxygens (including phenoxy) is 1. The molecule has 2 N–H and O–H groups in total. The fourth-order valence-corrected chi connectivity index (χ4v) is 1.04. The average Bonchev–Trinajstić information content (AvgIpc) is 2.29. The van der Waals surface area contributed by atoms with E-state index in [-0.39, 0.29) is 11.4 Å². The Bertz CT molecular complexity index is 443. The van der Waals surface area contributed by atoms with Crippen LogP contribution in [0.1, 0.15) is 24.3 Å². The van der Waals surface area contributed by atoms with Gasteiger partial charge in [0.15, 0.2) is 5.69 Å². The van der Waals surface area contributed by atoms with Crippen LogP contribution in [0.15, 0.2) is 18.3 Å². The Labute approximate surface area is 98.6 Å². The van der Waals surface area contributed by atoms with Crippen LogP contribution in [0.2, 0.25) is 0 Å². The minimum atomic E-state index is -1.20. The summed E-state index contributed by atoms with van der Waals surface area (Å²) in [6.45, 7) is 3.16. The maximum atomic E-state index is 11.8. The monoisotopic (exact) mass is 238 g/mol. The van der Waals surface area contributed by atoms with E-state index < -0.39 is 17.5 Å². The number of carbonyl (C=O) groups excluding carboxylic acids is 1. The summed E-state index contributed by atoms with van der Waals surface area (Å²) >= 11 is 0. The predicted octanol–water partition coefficient (Wildman–Crippen LogP) is 1.14. The van der Waals surface area contributed by atoms with Gasteiger partial charge >= 0.3 is 5.97 Å². The summed E-state index contributed by atoms with van der Waals surface area (Å²) in [5, 5.41) is 11.4. The zero-order valence-electron chi connectivity index (χ0n) is 9.85. The first-order chi connectivity index (χ1) is 7.88. The molecule has 0 radical (unpaired) electrons. The SMILES string of the molecule is COC(C)(C)C(=O)Nc1cccnc1C(=O)O. The smallest absolute Gasteiger partial charge is 0.356 e. The van der Waals surface area contributed by atoms with Crippen molar-refractivity contribution < 1.29 is 19.4 Å². The molecule has 1 heterocycles. The van der Waals surface area contributed by atoms with Gasteiger partial charge in [-0.3, -0.25) is 4.79 Å². The van der Waals surface area contributed by atoms with Gasteiger partial charge in [-0.2, -0.15) is 0 Å². The summed E-state index contributed by atoms with van der Waals surface area (Å²) < 4.78 is 4.99. The molecule has 17 heavy (non-hydrogen) atoms. The van der Waals surface area contributed by atoms with Crippen molar-refractivity contribution in [3.8, 4) is 0 Å². The van der Waals surface area contributed by atoms with Gasteiger partial charge in [-0.15, -0.1) is 0 Å². The molecule has 0 unspecified atom stereocenters. The van der Waals surface area contributed by atoms with Gasteiger partial charge in [-0.25, -0.2) is 9.78 Å². The Hall–Kier alpha value is -1.95. The van der Waals surface area contributed by atoms with Crippen molar-refractivity contribution in [1.82, 2.24) is 4.98 Å². The van der Waals surface area contributed by atoms with Gasteiger partial charge in [0.25, 0.3) is 5.91 Å². The quantitative estimate of drug-likeness (QED) is 0.821. The molecular weight excluding hydrogens is 224 g/mol. The molecular formula is C11H14N2O4. The van der Waals surface area contributed by atoms with E-state index in [2.05, 4.69) is 10.3 Å². The fourth-order valence-electron chi connectivity index (χ4n) is 1.04. The number of carbonyl (C=O) groups is 2. The molecule has 1 aromatic heterocycles. The molecule has 0 saturated carbocycles. The van der Waals surface area contributed by atoms with Crippen LogP contribution >= 0.6 is 0 Å². The van der Waals surface area contributed by atoms with Crippen LogP contribution in [0.25, 0.3) is 0 Å². The topological polar surface area (TPSA) is 88.5 Å². The lowest BCUT2D eigenvalue weighted by Gasteiger charge is -2.21. The lowest BCUT2D eigenvalue weighted by Crippen LogP contribution is -2.39. The Morgan fingerprint density at radius 1 is 1.47 bits per heavy atom. The second kappa shape index (κ2) is 4.92. The van der Waals surface area contributed by atoms with Crippen LogP contribution in [-0.2, 0) is 9.53 Å². The lowest BCUT2D eigenvalue weighted by atomic mass is 10.1. The number of pyridine rings is 1. The molecule has 0 atom stereocenters. The van der Waals surface area contributed by atoms with Crippen molar-refractivity contribution in [2.24, 2.45) is 0 Å². The average molecular weight is 238 g/mol. The largest absolute Gasteiger partial charge is 0.476 e. The third-order valence-electron chi connectivity index (χ3n) is 2.32. The van der Waals surface area contributed by atoms with Crippen LogP contribution in [0.4, 0.5) is 5.69 Å². The zero-order chi connectivity index (χ0) is 13.1. The molecule has 0 saturated heterocycles. The summed E-state index contributed by atoms with van der Waals surface area (Å²) in [4.78, 5) is 26.3. The standard InChI is InChI=1S/C11H14N2O4/c1-11(2,17-3)10(16)13-7-5-4-6-12-8(7)9(14)15/h4-6H,1-3H3,(H,13,16)(H,14,15). The number of amides is 1. The van der Waals surface area contributed by atoms with Crippen LogP contribution in [0.3, 0.4) is 0 Å². The highest BCUT2D eigenvalue weighted by Crippen LogP contribution is 2.16. The van der Waals surface area contributed by atoms with E-state index >= 15 is 0 Å². The van der Waals surface area contributed by atoms with Gasteiger partial charge in [0.2, 0.25) is 0 Å². The van der Waals surface area contributed by atoms with Crippen molar-refractivity contribution in [2.45, 2.75) is 19.4 Å². The molecule has 1 rings (SSSR count). The van der Waals surface area contributed by atoms with Crippen LogP contribution in [0.5, 0.6) is 0 Å². The summed E-state index contributed by atoms with van der Waals surface area (Å²) in [5.74, 6) is -1.63. The molecule has 92 valence electrons. The van der Waals surface area contributed by atoms with E-state index in [0.717, 1.165) is 0 Å². The molecule has 0 aliphatic rings. The molecule has 0 bridgehead atoms. The summed E-state index contributed by atoms with van der Waals surface area (Å²) in [5.41, 5.74) is -1.09. The second-order valence-electron chi connectivity index (χ2n) is 3.87. The molecule has 1 aromatic rings. The van der Waals surface area contributed by atoms with E-state index in [0.29, 0.717) is 0 Å². The Morgan fingerprint density at radius 2 is 2.12 bits per heavy atom. The summed E-state index contributed by atoms with van der Waals surface area (Å²) in [6.07, 6.45) is 1.35. The first-order valence-electron chi connectivity index (χ1n) is 4.93. The number of nitrogens with zero attached hydrogens (tertiary/aromatic N) is 1. The van der Waals surface area contributed by atoms with Crippen molar-refractivity contribution >= 4 is 17.6 Å². The van der Waals surface area contributed by atoms with Crippen LogP contribution in [-0.4, -0.2) is 34.7 Å². The number of hydrogen-bond donors (Lipinski definition) is 2. The number of rotatable bonds is 4. The highest BCUT2D eigenvalue weighted by molar-refractivity contribution is 6.01. The van der Waals surface area contributed by atoms with E-state index in [1.807, 2.05) is 0 Å². The molecule has 0 aliphatic carbocycles. The van der Waals surface area contributed by atoms with Crippen molar-refractivity contribution in [1.29, 1.82) is 0 Å². The second-order valence-corrected chi connectivity index (χ2v) is 3.87. The number of aromatic carboxylic acids is 1. The normalized spacial score (nSPS) is 11.0. The van der Waals surface area contributed by atoms with E-state index in [4.69, 9.17) is 9.84 Å². The maximum Gasteiger partial charge on any atom is 0.356 e. The van der Waals surface area contributed by atoms with Crippen molar-refractivity contribution in [3.05, 3.63) is 24.0 Å². The number of nitrogens with one attached hydrogen (secondary N) is 1. The van der Waals surface area contributed by atoms with Gasteiger partial charge in [-0.05, 0) is 26.0 Å². The molecule has 0 fully saturated rings. The third kappa shape index (κ3) is 3.01. The van der Waals surface area contributed by atoms with E-state index in [1.54, 1.807) is 19.9 Å². The van der Waals surface area contributed by atoms with E-state index in [1.165, 1.54) is 19.4 Å². The number of carboxylic acids is 1. The minimum Gasteiger partial charge on any atom is -0.476 e. The molecule has 6 heteroatoms. The number of carboxylic acid groups (broad SMARTS) is 1. The van der Waals surface area contributed by atoms with Crippen molar-refractivity contribution in [2.75, 3.05) is 12.4 Å². The van der Waals surface area contributed by atoms with Gasteiger partial charge in [0.1, 0.15) is 5.60 Å². The number of aromatic nitrogens is 1. The Balaban J connectivity index is 2.97. The molecule has 6 nitrogen and oxygen atoms in total. The predicted molar refractivity (Wildman–Crippen MR) is 60.9 cm³/mol. The maximum absolute atomic E-state index is 11.8. The van der Waals surface area contributed by atoms with Gasteiger partial charge in [-0.1, -0.05) is 0 Å². The molecule has 0 aliphatic heterocycles. The van der Waals surface area contributed by atoms with E-state index in [9.17, 15) is 9.59 Å². The number of anilines is 1. The zero-order valence-corrected chi connectivity index (χ0v) is 9.85. The van der Waals surface area contributed by atoms with Crippen molar-refractivity contribution in [3.63, 3.8) is 0 Å². The fraction of sp³-hybridized carbons (Fsp3) is 0.364. The highest BCUT2D eigenvalue weighted by atomic mass is 16.5. The number of methoxy groups -OCH3 is 1. The molecule has 0 aromatic carbocycles. The molecule has 1 amide bonds.